The van der Waals surface area contributed by atoms with Gasteiger partial charge >= 0.3 is 0 Å². The summed E-state index contributed by atoms with van der Waals surface area (Å²) in [5.41, 5.74) is 2.50. The lowest BCUT2D eigenvalue weighted by atomic mass is 10.0. The molecule has 3 rings (SSSR count). The lowest BCUT2D eigenvalue weighted by molar-refractivity contribution is 0.206. The largest absolute Gasteiger partial charge is 0.310 e. The van der Waals surface area contributed by atoms with Gasteiger partial charge in [0.1, 0.15) is 0 Å². The number of hydrogen-bond donors (Lipinski definition) is 1. The minimum atomic E-state index is 0.654. The van der Waals surface area contributed by atoms with Crippen LogP contribution in [0.2, 0.25) is 0 Å². The Morgan fingerprint density at radius 1 is 1.32 bits per heavy atom. The smallest absolute Gasteiger partial charge is 0.0706 e. The van der Waals surface area contributed by atoms with Gasteiger partial charge in [-0.1, -0.05) is 13.0 Å². The van der Waals surface area contributed by atoms with Crippen LogP contribution in [0, 0.1) is 0 Å². The van der Waals surface area contributed by atoms with Crippen LogP contribution in [0.4, 0.5) is 0 Å². The Morgan fingerprint density at radius 3 is 2.95 bits per heavy atom. The zero-order valence-corrected chi connectivity index (χ0v) is 11.5. The predicted octanol–water partition coefficient (Wildman–Crippen LogP) is 1.91. The van der Waals surface area contributed by atoms with E-state index in [4.69, 9.17) is 0 Å². The lowest BCUT2D eigenvalue weighted by Gasteiger charge is -2.31. The normalized spacial score (nSPS) is 18.2. The molecule has 0 atom stereocenters. The fraction of sp³-hybridized carbons (Fsp3) is 0.533. The molecule has 0 saturated carbocycles. The Kier molecular flexibility index (Phi) is 3.80. The number of nitrogens with one attached hydrogen (secondary N) is 1. The van der Waals surface area contributed by atoms with E-state index in [0.29, 0.717) is 6.04 Å². The Bertz CT molecular complexity index is 526. The van der Waals surface area contributed by atoms with Crippen LogP contribution in [0.1, 0.15) is 25.3 Å². The van der Waals surface area contributed by atoms with Crippen molar-refractivity contribution < 1.29 is 0 Å². The fourth-order valence-corrected chi connectivity index (χ4v) is 2.83. The molecule has 0 unspecified atom stereocenters. The van der Waals surface area contributed by atoms with E-state index in [1.165, 1.54) is 43.6 Å². The van der Waals surface area contributed by atoms with Gasteiger partial charge in [-0.15, -0.1) is 0 Å². The summed E-state index contributed by atoms with van der Waals surface area (Å²) >= 11 is 0. The Balaban J connectivity index is 1.58. The molecule has 0 bridgehead atoms. The molecule has 1 fully saturated rings. The van der Waals surface area contributed by atoms with Crippen LogP contribution >= 0.6 is 0 Å². The molecule has 2 aromatic rings. The fourth-order valence-electron chi connectivity index (χ4n) is 2.83. The minimum absolute atomic E-state index is 0.654. The van der Waals surface area contributed by atoms with Crippen molar-refractivity contribution in [1.29, 1.82) is 0 Å². The van der Waals surface area contributed by atoms with E-state index in [2.05, 4.69) is 34.4 Å². The van der Waals surface area contributed by atoms with Crippen LogP contribution in [0.25, 0.3) is 5.52 Å². The molecule has 19 heavy (non-hydrogen) atoms. The molecule has 102 valence electrons. The number of aromatic nitrogens is 2. The lowest BCUT2D eigenvalue weighted by Crippen LogP contribution is -2.42. The third kappa shape index (κ3) is 2.80. The van der Waals surface area contributed by atoms with E-state index in [-0.39, 0.29) is 0 Å². The van der Waals surface area contributed by atoms with E-state index in [1.54, 1.807) is 0 Å². The zero-order valence-electron chi connectivity index (χ0n) is 11.5. The van der Waals surface area contributed by atoms with Crippen molar-refractivity contribution in [3.8, 4) is 0 Å². The maximum absolute atomic E-state index is 4.38. The highest BCUT2D eigenvalue weighted by Crippen LogP contribution is 2.13. The van der Waals surface area contributed by atoms with Gasteiger partial charge in [0, 0.05) is 24.3 Å². The first-order valence-corrected chi connectivity index (χ1v) is 7.24. The first-order valence-electron chi connectivity index (χ1n) is 7.24. The van der Waals surface area contributed by atoms with Gasteiger partial charge in [0.15, 0.2) is 0 Å². The zero-order chi connectivity index (χ0) is 13.1. The van der Waals surface area contributed by atoms with Gasteiger partial charge in [-0.05, 0) is 44.6 Å². The molecule has 1 aliphatic rings. The molecule has 1 aliphatic heterocycles. The van der Waals surface area contributed by atoms with E-state index in [1.807, 2.05) is 23.0 Å². The maximum atomic E-state index is 4.38. The molecule has 4 heteroatoms. The molecule has 0 aromatic carbocycles. The number of rotatable bonds is 4. The van der Waals surface area contributed by atoms with Gasteiger partial charge < -0.3 is 10.2 Å². The number of hydrogen-bond acceptors (Lipinski definition) is 3. The molecule has 2 aromatic heterocycles. The standard InChI is InChI=1S/C15H22N4/c1-2-18-9-6-14(7-10-18)16-11-13-12-17-19-8-4-3-5-15(13)19/h3-5,8,12,14,16H,2,6-7,9-11H2,1H3. The monoisotopic (exact) mass is 258 g/mol. The number of nitrogens with zero attached hydrogens (tertiary/aromatic N) is 3. The third-order valence-electron chi connectivity index (χ3n) is 4.12. The van der Waals surface area contributed by atoms with Gasteiger partial charge in [-0.25, -0.2) is 4.52 Å². The number of fused-ring (bicyclic) bond motifs is 1. The average Bonchev–Trinajstić information content (AvgIpc) is 2.89. The molecule has 1 N–H and O–H groups in total. The summed E-state index contributed by atoms with van der Waals surface area (Å²) in [6.07, 6.45) is 6.49. The molecular weight excluding hydrogens is 236 g/mol. The molecule has 0 amide bonds. The van der Waals surface area contributed by atoms with Crippen molar-refractivity contribution in [2.45, 2.75) is 32.4 Å². The van der Waals surface area contributed by atoms with Crippen molar-refractivity contribution in [3.63, 3.8) is 0 Å². The van der Waals surface area contributed by atoms with E-state index >= 15 is 0 Å². The Labute approximate surface area is 114 Å². The van der Waals surface area contributed by atoms with E-state index in [9.17, 15) is 0 Å². The predicted molar refractivity (Wildman–Crippen MR) is 77.2 cm³/mol. The van der Waals surface area contributed by atoms with Gasteiger partial charge in [0.2, 0.25) is 0 Å². The summed E-state index contributed by atoms with van der Waals surface area (Å²) in [5, 5.41) is 8.06. The van der Waals surface area contributed by atoms with Crippen molar-refractivity contribution in [2.75, 3.05) is 19.6 Å². The quantitative estimate of drug-likeness (QED) is 0.909. The van der Waals surface area contributed by atoms with E-state index < -0.39 is 0 Å². The van der Waals surface area contributed by atoms with Gasteiger partial charge in [-0.3, -0.25) is 0 Å². The molecular formula is C15H22N4. The summed E-state index contributed by atoms with van der Waals surface area (Å²) in [7, 11) is 0. The average molecular weight is 258 g/mol. The Hall–Kier alpha value is -1.39. The summed E-state index contributed by atoms with van der Waals surface area (Å²) in [6.45, 7) is 6.80. The Morgan fingerprint density at radius 2 is 2.16 bits per heavy atom. The molecule has 1 saturated heterocycles. The van der Waals surface area contributed by atoms with Crippen LogP contribution in [-0.2, 0) is 6.54 Å². The second-order valence-corrected chi connectivity index (χ2v) is 5.29. The van der Waals surface area contributed by atoms with E-state index in [0.717, 1.165) is 6.54 Å². The van der Waals surface area contributed by atoms with Crippen LogP contribution in [0.5, 0.6) is 0 Å². The number of piperidine rings is 1. The van der Waals surface area contributed by atoms with Crippen LogP contribution in [-0.4, -0.2) is 40.2 Å². The SMILES string of the molecule is CCN1CCC(NCc2cnn3ccccc23)CC1. The number of likely N-dealkylation sites (tertiary alicyclic amines) is 1. The molecule has 0 radical (unpaired) electrons. The topological polar surface area (TPSA) is 32.6 Å². The summed E-state index contributed by atoms with van der Waals surface area (Å²) < 4.78 is 1.94. The third-order valence-corrected chi connectivity index (χ3v) is 4.12. The van der Waals surface area contributed by atoms with Gasteiger partial charge in [0.25, 0.3) is 0 Å². The molecule has 0 aliphatic carbocycles. The van der Waals surface area contributed by atoms with Crippen LogP contribution in [0.3, 0.4) is 0 Å². The summed E-state index contributed by atoms with van der Waals surface area (Å²) in [4.78, 5) is 2.52. The molecule has 3 heterocycles. The second-order valence-electron chi connectivity index (χ2n) is 5.29. The van der Waals surface area contributed by atoms with Crippen molar-refractivity contribution in [3.05, 3.63) is 36.2 Å². The van der Waals surface area contributed by atoms with Crippen LogP contribution in [0.15, 0.2) is 30.6 Å². The minimum Gasteiger partial charge on any atom is -0.310 e. The summed E-state index contributed by atoms with van der Waals surface area (Å²) in [6, 6.07) is 6.86. The highest BCUT2D eigenvalue weighted by molar-refractivity contribution is 5.53. The number of pyridine rings is 1. The summed E-state index contributed by atoms with van der Waals surface area (Å²) in [5.74, 6) is 0. The van der Waals surface area contributed by atoms with Gasteiger partial charge in [0.05, 0.1) is 11.7 Å². The maximum Gasteiger partial charge on any atom is 0.0706 e. The second kappa shape index (κ2) is 5.72. The van der Waals surface area contributed by atoms with Crippen molar-refractivity contribution in [1.82, 2.24) is 19.8 Å². The molecule has 4 nitrogen and oxygen atoms in total. The highest BCUT2D eigenvalue weighted by atomic mass is 15.2. The van der Waals surface area contributed by atoms with Gasteiger partial charge in [-0.2, -0.15) is 5.10 Å². The van der Waals surface area contributed by atoms with Crippen molar-refractivity contribution in [2.24, 2.45) is 0 Å². The first-order chi connectivity index (χ1) is 9.36. The van der Waals surface area contributed by atoms with Crippen LogP contribution < -0.4 is 5.32 Å². The van der Waals surface area contributed by atoms with Crippen molar-refractivity contribution >= 4 is 5.52 Å². The molecule has 0 spiro atoms. The first kappa shape index (κ1) is 12.6. The highest BCUT2D eigenvalue weighted by Gasteiger charge is 2.17.